The van der Waals surface area contributed by atoms with Crippen LogP contribution in [0, 0.1) is 0 Å². The van der Waals surface area contributed by atoms with Crippen LogP contribution in [0.4, 0.5) is 18.9 Å². The number of anilines is 1. The number of aromatic nitrogens is 1. The highest BCUT2D eigenvalue weighted by molar-refractivity contribution is 7.80. The summed E-state index contributed by atoms with van der Waals surface area (Å²) in [7, 11) is 0. The maximum atomic E-state index is 13.7. The quantitative estimate of drug-likeness (QED) is 0.439. The fourth-order valence-electron chi connectivity index (χ4n) is 3.17. The van der Waals surface area contributed by atoms with Crippen LogP contribution in [-0.2, 0) is 12.7 Å². The molecule has 154 valence electrons. The zero-order chi connectivity index (χ0) is 20.9. The molecule has 0 aliphatic carbocycles. The molecule has 1 aromatic carbocycles. The average molecular weight is 422 g/mol. The second-order valence-corrected chi connectivity index (χ2v) is 7.03. The van der Waals surface area contributed by atoms with Crippen LogP contribution in [0.2, 0.25) is 0 Å². The van der Waals surface area contributed by atoms with Gasteiger partial charge in [0.15, 0.2) is 5.11 Å². The van der Waals surface area contributed by atoms with Gasteiger partial charge in [0.25, 0.3) is 0 Å². The van der Waals surface area contributed by atoms with E-state index in [9.17, 15) is 13.2 Å². The first-order valence-electron chi connectivity index (χ1n) is 9.00. The maximum Gasteiger partial charge on any atom is 0.418 e. The molecule has 1 aliphatic heterocycles. The lowest BCUT2D eigenvalue weighted by molar-refractivity contribution is -0.137. The van der Waals surface area contributed by atoms with Crippen molar-refractivity contribution in [2.24, 2.45) is 10.8 Å². The van der Waals surface area contributed by atoms with E-state index in [4.69, 9.17) is 5.73 Å². The summed E-state index contributed by atoms with van der Waals surface area (Å²) in [5.74, 6) is 0. The van der Waals surface area contributed by atoms with Crippen LogP contribution in [0.1, 0.15) is 16.8 Å². The Hall–Kier alpha value is -2.72. The van der Waals surface area contributed by atoms with Gasteiger partial charge in [0.05, 0.1) is 17.5 Å². The van der Waals surface area contributed by atoms with E-state index in [0.29, 0.717) is 38.3 Å². The Balaban J connectivity index is 1.71. The Kier molecular flexibility index (Phi) is 6.65. The normalized spacial score (nSPS) is 15.6. The second kappa shape index (κ2) is 9.19. The summed E-state index contributed by atoms with van der Waals surface area (Å²) in [4.78, 5) is 8.26. The lowest BCUT2D eigenvalue weighted by atomic mass is 10.1. The Morgan fingerprint density at radius 1 is 1.21 bits per heavy atom. The van der Waals surface area contributed by atoms with E-state index in [1.54, 1.807) is 17.2 Å². The predicted molar refractivity (Wildman–Crippen MR) is 111 cm³/mol. The van der Waals surface area contributed by atoms with Crippen LogP contribution in [-0.4, -0.2) is 47.4 Å². The minimum Gasteiger partial charge on any atom is -0.375 e. The summed E-state index contributed by atoms with van der Waals surface area (Å²) in [5.41, 5.74) is 8.33. The third-order valence-corrected chi connectivity index (χ3v) is 4.63. The summed E-state index contributed by atoms with van der Waals surface area (Å²) in [6, 6.07) is 9.89. The number of piperazine rings is 1. The van der Waals surface area contributed by atoms with Gasteiger partial charge in [-0.15, -0.1) is 0 Å². The summed E-state index contributed by atoms with van der Waals surface area (Å²) >= 11 is 4.61. The molecule has 0 saturated carbocycles. The second-order valence-electron chi connectivity index (χ2n) is 6.59. The minimum absolute atomic E-state index is 0.0579. The molecule has 0 spiro atoms. The standard InChI is InChI=1S/C19H21F3N6S/c20-19(21,22)16-11-14(12-25-26-18(23)29)4-5-17(16)28-9-7-27(8-10-28)13-15-3-1-2-6-24-15/h1-6,11-12H,7-10,13H2,(H3,23,26,29)/b25-12+. The molecule has 3 rings (SSSR count). The van der Waals surface area contributed by atoms with E-state index in [2.05, 4.69) is 32.6 Å². The SMILES string of the molecule is NC(=S)N/N=C/c1ccc(N2CCN(Cc3ccccn3)CC2)c(C(F)(F)F)c1. The molecule has 0 amide bonds. The molecule has 1 aliphatic rings. The van der Waals surface area contributed by atoms with E-state index in [0.717, 1.165) is 11.8 Å². The molecule has 3 N–H and O–H groups in total. The van der Waals surface area contributed by atoms with E-state index in [1.165, 1.54) is 12.3 Å². The molecule has 0 unspecified atom stereocenters. The third kappa shape index (κ3) is 5.88. The fourth-order valence-corrected chi connectivity index (χ4v) is 3.23. The lowest BCUT2D eigenvalue weighted by Crippen LogP contribution is -2.46. The summed E-state index contributed by atoms with van der Waals surface area (Å²) in [5, 5.41) is 3.66. The van der Waals surface area contributed by atoms with E-state index in [1.807, 2.05) is 18.2 Å². The topological polar surface area (TPSA) is 69.8 Å². The molecule has 0 radical (unpaired) electrons. The van der Waals surface area contributed by atoms with E-state index >= 15 is 0 Å². The molecule has 2 heterocycles. The smallest absolute Gasteiger partial charge is 0.375 e. The molecule has 1 fully saturated rings. The molecule has 29 heavy (non-hydrogen) atoms. The molecule has 0 bridgehead atoms. The average Bonchev–Trinajstić information content (AvgIpc) is 2.68. The highest BCUT2D eigenvalue weighted by Gasteiger charge is 2.35. The van der Waals surface area contributed by atoms with Crippen molar-refractivity contribution < 1.29 is 13.2 Å². The number of nitrogens with two attached hydrogens (primary N) is 1. The molecular weight excluding hydrogens is 401 g/mol. The van der Waals surface area contributed by atoms with Gasteiger partial charge in [0.1, 0.15) is 0 Å². The first-order chi connectivity index (χ1) is 13.8. The van der Waals surface area contributed by atoms with Crippen LogP contribution in [0.5, 0.6) is 0 Å². The molecule has 10 heteroatoms. The number of nitrogens with one attached hydrogen (secondary N) is 1. The van der Waals surface area contributed by atoms with Crippen molar-refractivity contribution >= 4 is 29.2 Å². The maximum absolute atomic E-state index is 13.7. The van der Waals surface area contributed by atoms with Gasteiger partial charge < -0.3 is 10.6 Å². The van der Waals surface area contributed by atoms with Crippen LogP contribution >= 0.6 is 12.2 Å². The zero-order valence-electron chi connectivity index (χ0n) is 15.6. The number of hydrogen-bond donors (Lipinski definition) is 2. The van der Waals surface area contributed by atoms with Crippen molar-refractivity contribution in [2.45, 2.75) is 12.7 Å². The predicted octanol–water partition coefficient (Wildman–Crippen LogP) is 2.59. The molecule has 1 saturated heterocycles. The molecule has 2 aromatic rings. The van der Waals surface area contributed by atoms with Gasteiger partial charge in [0.2, 0.25) is 0 Å². The number of alkyl halides is 3. The van der Waals surface area contributed by atoms with Gasteiger partial charge in [-0.25, -0.2) is 0 Å². The number of hydrazone groups is 1. The zero-order valence-corrected chi connectivity index (χ0v) is 16.4. The number of thiocarbonyl (C=S) groups is 1. The van der Waals surface area contributed by atoms with Gasteiger partial charge in [-0.2, -0.15) is 18.3 Å². The number of pyridine rings is 1. The monoisotopic (exact) mass is 422 g/mol. The van der Waals surface area contributed by atoms with Gasteiger partial charge in [-0.1, -0.05) is 12.1 Å². The van der Waals surface area contributed by atoms with Crippen LogP contribution in [0.15, 0.2) is 47.7 Å². The number of hydrogen-bond acceptors (Lipinski definition) is 5. The van der Waals surface area contributed by atoms with E-state index in [-0.39, 0.29) is 10.8 Å². The molecule has 6 nitrogen and oxygen atoms in total. The van der Waals surface area contributed by atoms with Crippen molar-refractivity contribution in [1.82, 2.24) is 15.3 Å². The van der Waals surface area contributed by atoms with E-state index < -0.39 is 11.7 Å². The minimum atomic E-state index is -4.47. The number of benzene rings is 1. The summed E-state index contributed by atoms with van der Waals surface area (Å²) in [6.45, 7) is 3.02. The highest BCUT2D eigenvalue weighted by Crippen LogP contribution is 2.37. The van der Waals surface area contributed by atoms with Gasteiger partial charge in [-0.05, 0) is 42.0 Å². The van der Waals surface area contributed by atoms with Crippen molar-refractivity contribution in [3.63, 3.8) is 0 Å². The van der Waals surface area contributed by atoms with Crippen LogP contribution < -0.4 is 16.1 Å². The Labute approximate surface area is 172 Å². The number of nitrogens with zero attached hydrogens (tertiary/aromatic N) is 4. The third-order valence-electron chi connectivity index (χ3n) is 4.54. The Morgan fingerprint density at radius 2 is 1.97 bits per heavy atom. The molecule has 1 aromatic heterocycles. The summed E-state index contributed by atoms with van der Waals surface area (Å²) in [6.07, 6.45) is -1.48. The first kappa shape index (κ1) is 21.0. The van der Waals surface area contributed by atoms with Gasteiger partial charge in [-0.3, -0.25) is 15.3 Å². The first-order valence-corrected chi connectivity index (χ1v) is 9.41. The Bertz CT molecular complexity index is 864. The lowest BCUT2D eigenvalue weighted by Gasteiger charge is -2.37. The van der Waals surface area contributed by atoms with Crippen LogP contribution in [0.3, 0.4) is 0 Å². The number of halogens is 3. The fraction of sp³-hybridized carbons (Fsp3) is 0.316. The van der Waals surface area contributed by atoms with Crippen molar-refractivity contribution in [1.29, 1.82) is 0 Å². The summed E-state index contributed by atoms with van der Waals surface area (Å²) < 4.78 is 41.0. The van der Waals surface area contributed by atoms with Crippen molar-refractivity contribution in [2.75, 3.05) is 31.1 Å². The molecular formula is C19H21F3N6S. The number of rotatable bonds is 5. The largest absolute Gasteiger partial charge is 0.418 e. The highest BCUT2D eigenvalue weighted by atomic mass is 32.1. The Morgan fingerprint density at radius 3 is 2.59 bits per heavy atom. The molecule has 0 atom stereocenters. The van der Waals surface area contributed by atoms with Gasteiger partial charge in [0, 0.05) is 44.6 Å². The van der Waals surface area contributed by atoms with Gasteiger partial charge >= 0.3 is 6.18 Å². The van der Waals surface area contributed by atoms with Crippen LogP contribution in [0.25, 0.3) is 0 Å². The van der Waals surface area contributed by atoms with Crippen molar-refractivity contribution in [3.8, 4) is 0 Å². The van der Waals surface area contributed by atoms with Crippen molar-refractivity contribution in [3.05, 3.63) is 59.4 Å².